The summed E-state index contributed by atoms with van der Waals surface area (Å²) in [6.07, 6.45) is -2.19. The highest BCUT2D eigenvalue weighted by Crippen LogP contribution is 2.26. The molecule has 0 amide bonds. The average molecular weight is 205 g/mol. The molecule has 14 heavy (non-hydrogen) atoms. The molecule has 0 N–H and O–H groups in total. The smallest absolute Gasteiger partial charge is 0.281 e. The largest absolute Gasteiger partial charge is 0.492 e. The van der Waals surface area contributed by atoms with Crippen molar-refractivity contribution >= 4 is 6.29 Å². The molecule has 0 spiro atoms. The zero-order valence-electron chi connectivity index (χ0n) is 7.13. The van der Waals surface area contributed by atoms with Gasteiger partial charge in [-0.15, -0.1) is 0 Å². The number of aldehydes is 1. The lowest BCUT2D eigenvalue weighted by Crippen LogP contribution is -2.03. The molecule has 1 aromatic heterocycles. The highest BCUT2D eigenvalue weighted by Gasteiger charge is 2.20. The van der Waals surface area contributed by atoms with Crippen LogP contribution < -0.4 is 4.74 Å². The van der Waals surface area contributed by atoms with Gasteiger partial charge in [-0.05, 0) is 0 Å². The predicted octanol–water partition coefficient (Wildman–Crippen LogP) is 1.98. The van der Waals surface area contributed by atoms with E-state index in [0.29, 0.717) is 0 Å². The number of hydrogen-bond donors (Lipinski definition) is 0. The van der Waals surface area contributed by atoms with Gasteiger partial charge in [0.25, 0.3) is 6.43 Å². The number of pyridine rings is 1. The van der Waals surface area contributed by atoms with E-state index in [9.17, 15) is 18.0 Å². The van der Waals surface area contributed by atoms with Gasteiger partial charge in [-0.3, -0.25) is 9.78 Å². The number of aromatic nitrogens is 1. The van der Waals surface area contributed by atoms with Crippen LogP contribution in [0.25, 0.3) is 0 Å². The number of rotatable bonds is 3. The van der Waals surface area contributed by atoms with Gasteiger partial charge in [-0.2, -0.15) is 0 Å². The van der Waals surface area contributed by atoms with Crippen LogP contribution in [-0.2, 0) is 0 Å². The minimum absolute atomic E-state index is 0.00759. The molecule has 0 saturated heterocycles. The molecule has 0 unspecified atom stereocenters. The van der Waals surface area contributed by atoms with Gasteiger partial charge in [0.05, 0.1) is 18.9 Å². The number of nitrogens with zero attached hydrogens (tertiary/aromatic N) is 1. The van der Waals surface area contributed by atoms with Crippen molar-refractivity contribution in [1.29, 1.82) is 0 Å². The number of carbonyl (C=O) groups excluding carboxylic acids is 1. The Bertz CT molecular complexity index is 355. The fourth-order valence-corrected chi connectivity index (χ4v) is 0.928. The molecule has 0 aliphatic carbocycles. The first kappa shape index (κ1) is 10.5. The highest BCUT2D eigenvalue weighted by molar-refractivity contribution is 5.77. The fraction of sp³-hybridized carbons (Fsp3) is 0.250. The minimum Gasteiger partial charge on any atom is -0.492 e. The van der Waals surface area contributed by atoms with Crippen LogP contribution in [0.4, 0.5) is 13.2 Å². The Kier molecular flexibility index (Phi) is 3.06. The zero-order valence-corrected chi connectivity index (χ0v) is 7.13. The van der Waals surface area contributed by atoms with Crippen molar-refractivity contribution in [3.63, 3.8) is 0 Å². The molecular weight excluding hydrogens is 199 g/mol. The third-order valence-corrected chi connectivity index (χ3v) is 1.59. The summed E-state index contributed by atoms with van der Waals surface area (Å²) in [6.45, 7) is 0. The molecular formula is C8H6F3NO2. The number of ether oxygens (including phenoxy) is 1. The fourth-order valence-electron chi connectivity index (χ4n) is 0.928. The number of halogens is 3. The van der Waals surface area contributed by atoms with Crippen molar-refractivity contribution in [2.45, 2.75) is 6.43 Å². The van der Waals surface area contributed by atoms with Crippen LogP contribution in [0.15, 0.2) is 6.20 Å². The molecule has 1 heterocycles. The summed E-state index contributed by atoms with van der Waals surface area (Å²) in [7, 11) is 1.15. The summed E-state index contributed by atoms with van der Waals surface area (Å²) in [6, 6.07) is 0. The quantitative estimate of drug-likeness (QED) is 0.708. The van der Waals surface area contributed by atoms with E-state index in [0.717, 1.165) is 13.3 Å². The Morgan fingerprint density at radius 2 is 2.21 bits per heavy atom. The number of alkyl halides is 2. The normalized spacial score (nSPS) is 10.4. The molecule has 3 nitrogen and oxygen atoms in total. The van der Waals surface area contributed by atoms with E-state index in [-0.39, 0.29) is 12.0 Å². The molecule has 0 atom stereocenters. The van der Waals surface area contributed by atoms with Gasteiger partial charge in [0.2, 0.25) is 0 Å². The van der Waals surface area contributed by atoms with Crippen LogP contribution in [0.3, 0.4) is 0 Å². The Hall–Kier alpha value is -1.59. The molecule has 6 heteroatoms. The Morgan fingerprint density at radius 3 is 2.64 bits per heavy atom. The van der Waals surface area contributed by atoms with Crippen LogP contribution in [0.2, 0.25) is 0 Å². The van der Waals surface area contributed by atoms with Crippen LogP contribution in [0.1, 0.15) is 22.5 Å². The molecule has 76 valence electrons. The highest BCUT2D eigenvalue weighted by atomic mass is 19.3. The third kappa shape index (κ3) is 1.68. The topological polar surface area (TPSA) is 39.2 Å². The molecule has 0 fully saturated rings. The van der Waals surface area contributed by atoms with Gasteiger partial charge in [-0.1, -0.05) is 0 Å². The molecule has 0 saturated carbocycles. The van der Waals surface area contributed by atoms with Crippen molar-refractivity contribution < 1.29 is 22.7 Å². The van der Waals surface area contributed by atoms with E-state index in [4.69, 9.17) is 0 Å². The third-order valence-electron chi connectivity index (χ3n) is 1.59. The van der Waals surface area contributed by atoms with Crippen molar-refractivity contribution in [2.24, 2.45) is 0 Å². The Labute approximate surface area is 77.5 Å². The molecule has 0 aliphatic heterocycles. The monoisotopic (exact) mass is 205 g/mol. The summed E-state index contributed by atoms with van der Waals surface area (Å²) in [5.74, 6) is -1.45. The Balaban J connectivity index is 3.35. The first-order valence-corrected chi connectivity index (χ1v) is 3.57. The molecule has 0 radical (unpaired) electrons. The summed E-state index contributed by atoms with van der Waals surface area (Å²) in [5, 5.41) is 0. The van der Waals surface area contributed by atoms with Crippen LogP contribution in [-0.4, -0.2) is 18.4 Å². The molecule has 1 rings (SSSR count). The van der Waals surface area contributed by atoms with Gasteiger partial charge < -0.3 is 4.74 Å². The van der Waals surface area contributed by atoms with E-state index in [1.54, 1.807) is 0 Å². The van der Waals surface area contributed by atoms with Gasteiger partial charge in [-0.25, -0.2) is 13.2 Å². The van der Waals surface area contributed by atoms with Crippen LogP contribution in [0.5, 0.6) is 5.75 Å². The van der Waals surface area contributed by atoms with E-state index < -0.39 is 23.5 Å². The zero-order chi connectivity index (χ0) is 10.7. The van der Waals surface area contributed by atoms with Crippen LogP contribution in [0, 0.1) is 5.82 Å². The van der Waals surface area contributed by atoms with E-state index >= 15 is 0 Å². The summed E-state index contributed by atoms with van der Waals surface area (Å²) < 4.78 is 42.0. The maximum atomic E-state index is 13.2. The maximum absolute atomic E-state index is 13.2. The predicted molar refractivity (Wildman–Crippen MR) is 41.1 cm³/mol. The maximum Gasteiger partial charge on any atom is 0.281 e. The second-order valence-corrected chi connectivity index (χ2v) is 2.36. The lowest BCUT2D eigenvalue weighted by molar-refractivity contribution is 0.109. The number of hydrogen-bond acceptors (Lipinski definition) is 3. The van der Waals surface area contributed by atoms with Gasteiger partial charge in [0, 0.05) is 0 Å². The SMILES string of the molecule is COc1cnc(C(F)F)c(C=O)c1F. The summed E-state index contributed by atoms with van der Waals surface area (Å²) >= 11 is 0. The second kappa shape index (κ2) is 4.08. The molecule has 1 aromatic rings. The first-order valence-electron chi connectivity index (χ1n) is 3.57. The average Bonchev–Trinajstić information content (AvgIpc) is 2.17. The van der Waals surface area contributed by atoms with Crippen molar-refractivity contribution in [2.75, 3.05) is 7.11 Å². The molecule has 0 aliphatic rings. The van der Waals surface area contributed by atoms with Crippen LogP contribution >= 0.6 is 0 Å². The molecule has 0 aromatic carbocycles. The van der Waals surface area contributed by atoms with E-state index in [2.05, 4.69) is 9.72 Å². The van der Waals surface area contributed by atoms with E-state index in [1.165, 1.54) is 0 Å². The summed E-state index contributed by atoms with van der Waals surface area (Å²) in [5.41, 5.74) is -1.64. The van der Waals surface area contributed by atoms with Crippen molar-refractivity contribution in [3.8, 4) is 5.75 Å². The summed E-state index contributed by atoms with van der Waals surface area (Å²) in [4.78, 5) is 13.6. The van der Waals surface area contributed by atoms with Gasteiger partial charge >= 0.3 is 0 Å². The number of carbonyl (C=O) groups is 1. The lowest BCUT2D eigenvalue weighted by Gasteiger charge is -2.06. The second-order valence-electron chi connectivity index (χ2n) is 2.36. The van der Waals surface area contributed by atoms with E-state index in [1.807, 2.05) is 0 Å². The standard InChI is InChI=1S/C8H6F3NO2/c1-14-5-2-12-7(8(10)11)4(3-13)6(5)9/h2-3,8H,1H3. The Morgan fingerprint density at radius 1 is 1.57 bits per heavy atom. The minimum atomic E-state index is -2.99. The number of methoxy groups -OCH3 is 1. The first-order chi connectivity index (χ1) is 6.61. The van der Waals surface area contributed by atoms with Gasteiger partial charge in [0.1, 0.15) is 5.69 Å². The van der Waals surface area contributed by atoms with Gasteiger partial charge in [0.15, 0.2) is 17.9 Å². The van der Waals surface area contributed by atoms with Crippen molar-refractivity contribution in [3.05, 3.63) is 23.3 Å². The lowest BCUT2D eigenvalue weighted by atomic mass is 10.2. The van der Waals surface area contributed by atoms with Crippen molar-refractivity contribution in [1.82, 2.24) is 4.98 Å². The molecule has 0 bridgehead atoms.